The Morgan fingerprint density at radius 1 is 1.13 bits per heavy atom. The van der Waals surface area contributed by atoms with E-state index < -0.39 is 46.2 Å². The first-order chi connectivity index (χ1) is 14.3. The highest BCUT2D eigenvalue weighted by Gasteiger charge is 2.38. The molecule has 0 radical (unpaired) electrons. The topological polar surface area (TPSA) is 99.1 Å². The molecule has 31 heavy (non-hydrogen) atoms. The number of esters is 1. The van der Waals surface area contributed by atoms with Crippen molar-refractivity contribution in [1.82, 2.24) is 0 Å². The third kappa shape index (κ3) is 7.88. The van der Waals surface area contributed by atoms with E-state index in [-0.39, 0.29) is 17.2 Å². The number of hydrogen-bond acceptors (Lipinski definition) is 6. The van der Waals surface area contributed by atoms with Crippen LogP contribution in [-0.4, -0.2) is 43.3 Å². The fourth-order valence-electron chi connectivity index (χ4n) is 3.66. The monoisotopic (exact) mass is 468 g/mol. The van der Waals surface area contributed by atoms with Gasteiger partial charge in [0.15, 0.2) is 11.5 Å². The van der Waals surface area contributed by atoms with E-state index in [0.717, 1.165) is 50.3 Å². The van der Waals surface area contributed by atoms with Crippen LogP contribution in [0.5, 0.6) is 11.5 Å². The number of carbonyl (C=O) groups is 1. The van der Waals surface area contributed by atoms with Gasteiger partial charge < -0.3 is 14.2 Å². The zero-order valence-electron chi connectivity index (χ0n) is 17.4. The lowest BCUT2D eigenvalue weighted by molar-refractivity contribution is -0.275. The molecule has 176 valence electrons. The average molecular weight is 468 g/mol. The Morgan fingerprint density at radius 3 is 2.32 bits per heavy atom. The Hall–Kier alpha value is -2.01. The summed E-state index contributed by atoms with van der Waals surface area (Å²) in [7, 11) is -4.32. The maximum absolute atomic E-state index is 12.9. The summed E-state index contributed by atoms with van der Waals surface area (Å²) in [5.74, 6) is -2.47. The molecule has 7 nitrogen and oxygen atoms in total. The van der Waals surface area contributed by atoms with Gasteiger partial charge in [-0.1, -0.05) is 26.2 Å². The number of alkyl halides is 3. The Balaban J connectivity index is 2.30. The lowest BCUT2D eigenvalue weighted by Crippen LogP contribution is -2.41. The maximum Gasteiger partial charge on any atom is 0.573 e. The van der Waals surface area contributed by atoms with E-state index in [1.807, 2.05) is 13.8 Å². The molecule has 1 aromatic rings. The van der Waals surface area contributed by atoms with E-state index in [0.29, 0.717) is 6.42 Å². The third-order valence-electron chi connectivity index (χ3n) is 5.49. The zero-order chi connectivity index (χ0) is 23.3. The highest BCUT2D eigenvalue weighted by Crippen LogP contribution is 2.41. The van der Waals surface area contributed by atoms with Gasteiger partial charge in [-0.3, -0.25) is 4.55 Å². The lowest BCUT2D eigenvalue weighted by atomic mass is 9.76. The first-order valence-corrected chi connectivity index (χ1v) is 11.6. The summed E-state index contributed by atoms with van der Waals surface area (Å²) < 4.78 is 83.7. The van der Waals surface area contributed by atoms with Gasteiger partial charge in [-0.25, -0.2) is 4.79 Å². The van der Waals surface area contributed by atoms with Crippen molar-refractivity contribution in [1.29, 1.82) is 0 Å². The van der Waals surface area contributed by atoms with Gasteiger partial charge in [0.25, 0.3) is 10.1 Å². The van der Waals surface area contributed by atoms with E-state index in [4.69, 9.17) is 14.0 Å². The fraction of sp³-hybridized carbons (Fsp3) is 0.650. The summed E-state index contributed by atoms with van der Waals surface area (Å²) in [6.07, 6.45) is 0.471. The minimum Gasteiger partial charge on any atom is -0.483 e. The van der Waals surface area contributed by atoms with Crippen molar-refractivity contribution < 1.29 is 45.1 Å². The summed E-state index contributed by atoms with van der Waals surface area (Å²) in [6.45, 7) is 3.10. The molecule has 1 saturated carbocycles. The number of hydrogen-bond donors (Lipinski definition) is 1. The van der Waals surface area contributed by atoms with Crippen molar-refractivity contribution in [3.8, 4) is 11.5 Å². The maximum atomic E-state index is 12.9. The quantitative estimate of drug-likeness (QED) is 0.412. The van der Waals surface area contributed by atoms with Crippen LogP contribution in [0.4, 0.5) is 13.2 Å². The van der Waals surface area contributed by atoms with Crippen LogP contribution in [0.25, 0.3) is 0 Å². The summed E-state index contributed by atoms with van der Waals surface area (Å²) in [6, 6.07) is 3.11. The second kappa shape index (κ2) is 10.1. The predicted octanol–water partition coefficient (Wildman–Crippen LogP) is 4.76. The zero-order valence-corrected chi connectivity index (χ0v) is 18.2. The van der Waals surface area contributed by atoms with E-state index in [1.54, 1.807) is 0 Å². The average Bonchev–Trinajstić information content (AvgIpc) is 2.67. The number of carbonyl (C=O) groups excluding carboxylic acids is 1. The Morgan fingerprint density at radius 2 is 1.77 bits per heavy atom. The van der Waals surface area contributed by atoms with Crippen LogP contribution in [0.2, 0.25) is 0 Å². The second-order valence-corrected chi connectivity index (χ2v) is 9.31. The summed E-state index contributed by atoms with van der Waals surface area (Å²) >= 11 is 0. The molecule has 1 aliphatic rings. The van der Waals surface area contributed by atoms with Gasteiger partial charge in [0, 0.05) is 0 Å². The Bertz CT molecular complexity index is 864. The first-order valence-electron chi connectivity index (χ1n) is 10.0. The molecule has 2 rings (SSSR count). The van der Waals surface area contributed by atoms with Gasteiger partial charge in [0.2, 0.25) is 0 Å². The molecule has 0 aliphatic heterocycles. The van der Waals surface area contributed by atoms with E-state index in [9.17, 15) is 26.4 Å². The first kappa shape index (κ1) is 25.3. The minimum absolute atomic E-state index is 0.135. The molecular weight excluding hydrogens is 441 g/mol. The molecular formula is C20H27F3O7S. The fourth-order valence-corrected chi connectivity index (χ4v) is 3.95. The van der Waals surface area contributed by atoms with Gasteiger partial charge in [-0.05, 0) is 50.3 Å². The summed E-state index contributed by atoms with van der Waals surface area (Å²) in [5, 5.41) is 0. The predicted molar refractivity (Wildman–Crippen MR) is 106 cm³/mol. The van der Waals surface area contributed by atoms with Crippen LogP contribution >= 0.6 is 0 Å². The van der Waals surface area contributed by atoms with Crippen molar-refractivity contribution in [3.05, 3.63) is 23.8 Å². The largest absolute Gasteiger partial charge is 0.573 e. The third-order valence-corrected chi connectivity index (χ3v) is 6.18. The van der Waals surface area contributed by atoms with Gasteiger partial charge in [-0.15, -0.1) is 13.2 Å². The molecule has 0 bridgehead atoms. The smallest absolute Gasteiger partial charge is 0.483 e. The molecule has 11 heteroatoms. The Labute approximate surface area is 179 Å². The van der Waals surface area contributed by atoms with Crippen molar-refractivity contribution in [2.75, 3.05) is 12.4 Å². The number of rotatable bonds is 9. The molecule has 1 atom stereocenters. The standard InChI is InChI=1S/C20H27F3O7S/c1-3-19(2,15-7-5-4-6-8-15)29-17-13-14(9-10-16(17)30-20(21,22)23)18(24)28-11-12-31(25,26)27/h9-10,13,15H,3-8,11-12H2,1-2H3,(H,25,26,27). The van der Waals surface area contributed by atoms with Crippen molar-refractivity contribution in [2.24, 2.45) is 5.92 Å². The summed E-state index contributed by atoms with van der Waals surface area (Å²) in [5.41, 5.74) is -0.903. The molecule has 1 aliphatic carbocycles. The van der Waals surface area contributed by atoms with E-state index in [1.165, 1.54) is 0 Å². The van der Waals surface area contributed by atoms with Crippen LogP contribution in [-0.2, 0) is 14.9 Å². The molecule has 0 saturated heterocycles. The molecule has 1 fully saturated rings. The van der Waals surface area contributed by atoms with Crippen LogP contribution in [0.3, 0.4) is 0 Å². The van der Waals surface area contributed by atoms with Gasteiger partial charge in [-0.2, -0.15) is 8.42 Å². The minimum atomic E-state index is -4.96. The number of halogens is 3. The van der Waals surface area contributed by atoms with Gasteiger partial charge >= 0.3 is 12.3 Å². The van der Waals surface area contributed by atoms with Crippen LogP contribution in [0, 0.1) is 5.92 Å². The molecule has 1 unspecified atom stereocenters. The van der Waals surface area contributed by atoms with Gasteiger partial charge in [0.1, 0.15) is 18.0 Å². The second-order valence-electron chi connectivity index (χ2n) is 7.73. The number of benzene rings is 1. The molecule has 0 spiro atoms. The van der Waals surface area contributed by atoms with Gasteiger partial charge in [0.05, 0.1) is 5.56 Å². The normalized spacial score (nSPS) is 17.6. The molecule has 0 heterocycles. The molecule has 0 aromatic heterocycles. The van der Waals surface area contributed by atoms with Crippen LogP contribution in [0.1, 0.15) is 62.7 Å². The molecule has 0 amide bonds. The number of ether oxygens (including phenoxy) is 3. The summed E-state index contributed by atoms with van der Waals surface area (Å²) in [4.78, 5) is 12.2. The Kier molecular flexibility index (Phi) is 8.21. The van der Waals surface area contributed by atoms with Crippen molar-refractivity contribution >= 4 is 16.1 Å². The SMILES string of the molecule is CCC(C)(Oc1cc(C(=O)OCCS(=O)(=O)O)ccc1OC(F)(F)F)C1CCCCC1. The van der Waals surface area contributed by atoms with E-state index >= 15 is 0 Å². The van der Waals surface area contributed by atoms with Crippen LogP contribution in [0.15, 0.2) is 18.2 Å². The van der Waals surface area contributed by atoms with E-state index in [2.05, 4.69) is 4.74 Å². The van der Waals surface area contributed by atoms with Crippen LogP contribution < -0.4 is 9.47 Å². The lowest BCUT2D eigenvalue weighted by Gasteiger charge is -2.40. The van der Waals surface area contributed by atoms with Crippen molar-refractivity contribution in [3.63, 3.8) is 0 Å². The highest BCUT2D eigenvalue weighted by molar-refractivity contribution is 7.85. The molecule has 1 N–H and O–H groups in total. The van der Waals surface area contributed by atoms with Crippen molar-refractivity contribution in [2.45, 2.75) is 64.3 Å². The molecule has 1 aromatic carbocycles. The highest BCUT2D eigenvalue weighted by atomic mass is 32.2.